The van der Waals surface area contributed by atoms with Crippen LogP contribution < -0.4 is 0 Å². The van der Waals surface area contributed by atoms with E-state index in [9.17, 15) is 14.9 Å². The van der Waals surface area contributed by atoms with E-state index in [-0.39, 0.29) is 16.4 Å². The van der Waals surface area contributed by atoms with Crippen molar-refractivity contribution in [3.63, 3.8) is 0 Å². The van der Waals surface area contributed by atoms with Crippen LogP contribution in [0.5, 0.6) is 0 Å². The van der Waals surface area contributed by atoms with Gasteiger partial charge in [-0.25, -0.2) is 4.79 Å². The summed E-state index contributed by atoms with van der Waals surface area (Å²) in [7, 11) is 0. The van der Waals surface area contributed by atoms with Gasteiger partial charge in [-0.05, 0) is 26.8 Å². The fraction of sp³-hybridized carbons (Fsp3) is 0.333. The van der Waals surface area contributed by atoms with E-state index in [4.69, 9.17) is 16.3 Å². The van der Waals surface area contributed by atoms with Crippen molar-refractivity contribution in [1.29, 1.82) is 0 Å². The highest BCUT2D eigenvalue weighted by Gasteiger charge is 2.26. The van der Waals surface area contributed by atoms with Gasteiger partial charge in [-0.1, -0.05) is 17.7 Å². The molecule has 0 aliphatic heterocycles. The summed E-state index contributed by atoms with van der Waals surface area (Å²) < 4.78 is 5.98. The van der Waals surface area contributed by atoms with Crippen LogP contribution in [0.2, 0.25) is 5.15 Å². The van der Waals surface area contributed by atoms with Crippen molar-refractivity contribution < 1.29 is 14.5 Å². The number of aromatic nitrogens is 2. The second-order valence-corrected chi connectivity index (χ2v) is 5.47. The molecule has 8 heteroatoms. The zero-order valence-corrected chi connectivity index (χ0v) is 11.8. The van der Waals surface area contributed by atoms with E-state index < -0.39 is 16.6 Å². The molecular formula is C12H12ClN3O4. The number of hydrogen-bond donors (Lipinski definition) is 0. The molecule has 0 aliphatic rings. The highest BCUT2D eigenvalue weighted by Crippen LogP contribution is 2.30. The second-order valence-electron chi connectivity index (χ2n) is 5.11. The zero-order chi connectivity index (χ0) is 15.1. The minimum atomic E-state index is -0.816. The Morgan fingerprint density at radius 2 is 2.10 bits per heavy atom. The molecule has 0 atom stereocenters. The number of nitro groups is 1. The molecule has 106 valence electrons. The molecule has 0 unspecified atom stereocenters. The molecule has 1 aromatic heterocycles. The molecule has 0 radical (unpaired) electrons. The monoisotopic (exact) mass is 297 g/mol. The molecule has 0 spiro atoms. The Morgan fingerprint density at radius 1 is 1.45 bits per heavy atom. The van der Waals surface area contributed by atoms with Crippen LogP contribution in [-0.2, 0) is 4.74 Å². The molecular weight excluding hydrogens is 286 g/mol. The van der Waals surface area contributed by atoms with Crippen LogP contribution in [0.3, 0.4) is 0 Å². The van der Waals surface area contributed by atoms with Crippen LogP contribution in [0, 0.1) is 10.1 Å². The van der Waals surface area contributed by atoms with Crippen molar-refractivity contribution >= 4 is 34.3 Å². The van der Waals surface area contributed by atoms with E-state index in [1.807, 2.05) is 0 Å². The van der Waals surface area contributed by atoms with Crippen LogP contribution in [0.25, 0.3) is 10.9 Å². The first-order valence-corrected chi connectivity index (χ1v) is 6.13. The largest absolute Gasteiger partial charge is 0.442 e. The predicted molar refractivity (Wildman–Crippen MR) is 73.0 cm³/mol. The average molecular weight is 298 g/mol. The van der Waals surface area contributed by atoms with Crippen molar-refractivity contribution in [2.45, 2.75) is 26.4 Å². The Balaban J connectivity index is 2.65. The lowest BCUT2D eigenvalue weighted by Gasteiger charge is -2.19. The zero-order valence-electron chi connectivity index (χ0n) is 11.1. The Kier molecular flexibility index (Phi) is 3.39. The lowest BCUT2D eigenvalue weighted by molar-refractivity contribution is -0.383. The minimum Gasteiger partial charge on any atom is -0.442 e. The van der Waals surface area contributed by atoms with Gasteiger partial charge in [0.25, 0.3) is 5.69 Å². The Hall–Kier alpha value is -2.15. The normalized spacial score (nSPS) is 11.6. The molecule has 0 aliphatic carbocycles. The number of para-hydroxylation sites is 1. The van der Waals surface area contributed by atoms with Crippen LogP contribution in [0.15, 0.2) is 18.2 Å². The third-order valence-electron chi connectivity index (χ3n) is 2.40. The first-order chi connectivity index (χ1) is 9.20. The van der Waals surface area contributed by atoms with Crippen molar-refractivity contribution in [3.8, 4) is 0 Å². The van der Waals surface area contributed by atoms with Gasteiger partial charge < -0.3 is 4.74 Å². The number of nitrogens with zero attached hydrogens (tertiary/aromatic N) is 3. The summed E-state index contributed by atoms with van der Waals surface area (Å²) in [4.78, 5) is 22.5. The molecule has 1 aromatic carbocycles. The molecule has 1 heterocycles. The molecule has 2 aromatic rings. The molecule has 7 nitrogen and oxygen atoms in total. The molecule has 0 saturated carbocycles. The number of rotatable bonds is 1. The Morgan fingerprint density at radius 3 is 2.65 bits per heavy atom. The minimum absolute atomic E-state index is 0.00885. The van der Waals surface area contributed by atoms with Crippen molar-refractivity contribution in [2.75, 3.05) is 0 Å². The first-order valence-electron chi connectivity index (χ1n) is 5.75. The summed E-state index contributed by atoms with van der Waals surface area (Å²) in [5.41, 5.74) is -0.977. The molecule has 2 rings (SSSR count). The summed E-state index contributed by atoms with van der Waals surface area (Å²) >= 11 is 5.91. The lowest BCUT2D eigenvalue weighted by Crippen LogP contribution is -2.27. The number of nitro benzene ring substituents is 1. The highest BCUT2D eigenvalue weighted by molar-refractivity contribution is 6.34. The quantitative estimate of drug-likeness (QED) is 0.595. The summed E-state index contributed by atoms with van der Waals surface area (Å²) in [6.45, 7) is 5.06. The number of benzene rings is 1. The standard InChI is InChI=1S/C12H12ClN3O4/c1-12(2,3)20-11(17)15-9-7(10(13)14-15)5-4-6-8(9)16(18)19/h4-6H,1-3H3. The summed E-state index contributed by atoms with van der Waals surface area (Å²) in [5, 5.41) is 15.2. The third kappa shape index (κ3) is 2.57. The summed E-state index contributed by atoms with van der Waals surface area (Å²) in [5.74, 6) is 0. The number of carbonyl (C=O) groups is 1. The van der Waals surface area contributed by atoms with Gasteiger partial charge in [0.15, 0.2) is 10.7 Å². The number of carbonyl (C=O) groups excluding carboxylic acids is 1. The van der Waals surface area contributed by atoms with E-state index in [1.165, 1.54) is 12.1 Å². The third-order valence-corrected chi connectivity index (χ3v) is 2.68. The van der Waals surface area contributed by atoms with Gasteiger partial charge in [-0.3, -0.25) is 10.1 Å². The fourth-order valence-corrected chi connectivity index (χ4v) is 1.92. The SMILES string of the molecule is CC(C)(C)OC(=O)n1nc(Cl)c2cccc([N+](=O)[O-])c21. The smallest absolute Gasteiger partial charge is 0.436 e. The van der Waals surface area contributed by atoms with E-state index in [0.29, 0.717) is 5.39 Å². The summed E-state index contributed by atoms with van der Waals surface area (Å²) in [6.07, 6.45) is -0.816. The van der Waals surface area contributed by atoms with Gasteiger partial charge in [0, 0.05) is 11.5 Å². The molecule has 0 N–H and O–H groups in total. The average Bonchev–Trinajstić information content (AvgIpc) is 2.65. The van der Waals surface area contributed by atoms with E-state index in [0.717, 1.165) is 4.68 Å². The Bertz CT molecular complexity index is 703. The van der Waals surface area contributed by atoms with E-state index in [2.05, 4.69) is 5.10 Å². The summed E-state index contributed by atoms with van der Waals surface area (Å²) in [6, 6.07) is 4.31. The molecule has 0 bridgehead atoms. The molecule has 0 saturated heterocycles. The maximum absolute atomic E-state index is 12.1. The van der Waals surface area contributed by atoms with Crippen molar-refractivity contribution in [2.24, 2.45) is 0 Å². The maximum atomic E-state index is 12.1. The van der Waals surface area contributed by atoms with Gasteiger partial charge >= 0.3 is 6.09 Å². The molecule has 20 heavy (non-hydrogen) atoms. The van der Waals surface area contributed by atoms with Crippen molar-refractivity contribution in [3.05, 3.63) is 33.5 Å². The van der Waals surface area contributed by atoms with Crippen molar-refractivity contribution in [1.82, 2.24) is 9.78 Å². The number of fused-ring (bicyclic) bond motifs is 1. The van der Waals surface area contributed by atoms with Gasteiger partial charge in [0.05, 0.1) is 4.92 Å². The number of hydrogen-bond acceptors (Lipinski definition) is 5. The maximum Gasteiger partial charge on any atom is 0.436 e. The first kappa shape index (κ1) is 14.3. The van der Waals surface area contributed by atoms with Crippen LogP contribution >= 0.6 is 11.6 Å². The number of non-ortho nitro benzene ring substituents is 1. The second kappa shape index (κ2) is 4.75. The van der Waals surface area contributed by atoms with E-state index >= 15 is 0 Å². The number of ether oxygens (including phenoxy) is 1. The van der Waals surface area contributed by atoms with Crippen LogP contribution in [-0.4, -0.2) is 26.4 Å². The van der Waals surface area contributed by atoms with E-state index in [1.54, 1.807) is 26.8 Å². The van der Waals surface area contributed by atoms with Gasteiger partial charge in [-0.15, -0.1) is 5.10 Å². The Labute approximate surface area is 119 Å². The highest BCUT2D eigenvalue weighted by atomic mass is 35.5. The fourth-order valence-electron chi connectivity index (χ4n) is 1.70. The van der Waals surface area contributed by atoms with Gasteiger partial charge in [-0.2, -0.15) is 4.68 Å². The lowest BCUT2D eigenvalue weighted by atomic mass is 10.2. The van der Waals surface area contributed by atoms with Crippen LogP contribution in [0.4, 0.5) is 10.5 Å². The topological polar surface area (TPSA) is 87.3 Å². The molecule has 0 amide bonds. The van der Waals surface area contributed by atoms with Gasteiger partial charge in [0.1, 0.15) is 5.60 Å². The number of halogens is 1. The van der Waals surface area contributed by atoms with Crippen LogP contribution in [0.1, 0.15) is 20.8 Å². The van der Waals surface area contributed by atoms with Gasteiger partial charge in [0.2, 0.25) is 0 Å². The predicted octanol–water partition coefficient (Wildman–Crippen LogP) is 3.38. The molecule has 0 fully saturated rings.